The summed E-state index contributed by atoms with van der Waals surface area (Å²) in [6.07, 6.45) is 3.54. The Hall–Kier alpha value is -2.10. The van der Waals surface area contributed by atoms with Crippen LogP contribution < -0.4 is 5.56 Å². The van der Waals surface area contributed by atoms with E-state index in [4.69, 9.17) is 23.2 Å². The zero-order chi connectivity index (χ0) is 14.8. The van der Waals surface area contributed by atoms with Gasteiger partial charge in [0.2, 0.25) is 0 Å². The van der Waals surface area contributed by atoms with Gasteiger partial charge in [-0.15, -0.1) is 0 Å². The van der Waals surface area contributed by atoms with Gasteiger partial charge in [0, 0.05) is 0 Å². The molecule has 0 saturated carbocycles. The molecule has 104 valence electrons. The molecule has 1 heterocycles. The van der Waals surface area contributed by atoms with Crippen molar-refractivity contribution in [1.82, 2.24) is 9.97 Å². The number of hydrogen-bond donors (Lipinski definition) is 1. The van der Waals surface area contributed by atoms with Gasteiger partial charge in [-0.25, -0.2) is 4.98 Å². The number of H-pyrrole nitrogens is 1. The molecule has 3 rings (SSSR count). The van der Waals surface area contributed by atoms with Gasteiger partial charge in [-0.1, -0.05) is 47.5 Å². The molecule has 1 N–H and O–H groups in total. The van der Waals surface area contributed by atoms with E-state index in [2.05, 4.69) is 9.97 Å². The summed E-state index contributed by atoms with van der Waals surface area (Å²) in [7, 11) is 0. The van der Waals surface area contributed by atoms with Gasteiger partial charge in [-0.05, 0) is 35.9 Å². The highest BCUT2D eigenvalue weighted by Crippen LogP contribution is 2.23. The monoisotopic (exact) mass is 316 g/mol. The van der Waals surface area contributed by atoms with Crippen LogP contribution in [-0.2, 0) is 0 Å². The molecule has 0 amide bonds. The SMILES string of the molecule is O=c1[nH]c(/C=C/c2ccc(Cl)c(Cl)c2)nc2ccccc12. The maximum absolute atomic E-state index is 11.9. The molecule has 0 aliphatic rings. The number of para-hydroxylation sites is 1. The van der Waals surface area contributed by atoms with Crippen LogP contribution in [0, 0.1) is 0 Å². The molecule has 5 heteroatoms. The fourth-order valence-corrected chi connectivity index (χ4v) is 2.28. The maximum Gasteiger partial charge on any atom is 0.259 e. The Bertz CT molecular complexity index is 900. The molecule has 0 bridgehead atoms. The van der Waals surface area contributed by atoms with Crippen molar-refractivity contribution in [2.45, 2.75) is 0 Å². The molecular weight excluding hydrogens is 307 g/mol. The molecule has 3 aromatic rings. The van der Waals surface area contributed by atoms with Gasteiger partial charge in [-0.3, -0.25) is 4.79 Å². The summed E-state index contributed by atoms with van der Waals surface area (Å²) in [5.74, 6) is 0.491. The summed E-state index contributed by atoms with van der Waals surface area (Å²) in [6, 6.07) is 12.5. The normalized spacial score (nSPS) is 11.3. The predicted octanol–water partition coefficient (Wildman–Crippen LogP) is 4.40. The van der Waals surface area contributed by atoms with Crippen molar-refractivity contribution in [2.24, 2.45) is 0 Å². The van der Waals surface area contributed by atoms with Crippen LogP contribution in [0.4, 0.5) is 0 Å². The second kappa shape index (κ2) is 5.72. The standard InChI is InChI=1S/C16H10Cl2N2O/c17-12-7-5-10(9-13(12)18)6-8-15-19-14-4-2-1-3-11(14)16(21)20-15/h1-9H,(H,19,20,21)/b8-6+. The van der Waals surface area contributed by atoms with Gasteiger partial charge in [0.1, 0.15) is 5.82 Å². The van der Waals surface area contributed by atoms with Crippen LogP contribution in [0.3, 0.4) is 0 Å². The summed E-state index contributed by atoms with van der Waals surface area (Å²) in [6.45, 7) is 0. The number of aromatic nitrogens is 2. The number of hydrogen-bond acceptors (Lipinski definition) is 2. The summed E-state index contributed by atoms with van der Waals surface area (Å²) >= 11 is 11.8. The minimum Gasteiger partial charge on any atom is -0.306 e. The van der Waals surface area contributed by atoms with Crippen LogP contribution in [0.15, 0.2) is 47.3 Å². The van der Waals surface area contributed by atoms with Gasteiger partial charge in [0.25, 0.3) is 5.56 Å². The molecule has 0 aliphatic carbocycles. The zero-order valence-electron chi connectivity index (χ0n) is 10.8. The third kappa shape index (κ3) is 2.99. The van der Waals surface area contributed by atoms with Crippen molar-refractivity contribution in [2.75, 3.05) is 0 Å². The second-order valence-corrected chi connectivity index (χ2v) is 5.29. The first-order valence-corrected chi connectivity index (χ1v) is 7.01. The number of aromatic amines is 1. The lowest BCUT2D eigenvalue weighted by atomic mass is 10.2. The van der Waals surface area contributed by atoms with Gasteiger partial charge >= 0.3 is 0 Å². The van der Waals surface area contributed by atoms with Crippen molar-refractivity contribution in [3.05, 3.63) is 74.3 Å². The van der Waals surface area contributed by atoms with Crippen molar-refractivity contribution < 1.29 is 0 Å². The van der Waals surface area contributed by atoms with E-state index < -0.39 is 0 Å². The Kier molecular flexibility index (Phi) is 3.78. The molecule has 1 aromatic heterocycles. The van der Waals surface area contributed by atoms with E-state index in [0.717, 1.165) is 5.56 Å². The highest BCUT2D eigenvalue weighted by molar-refractivity contribution is 6.42. The largest absolute Gasteiger partial charge is 0.306 e. The number of fused-ring (bicyclic) bond motifs is 1. The number of benzene rings is 2. The number of nitrogens with one attached hydrogen (secondary N) is 1. The van der Waals surface area contributed by atoms with Gasteiger partial charge in [0.05, 0.1) is 20.9 Å². The summed E-state index contributed by atoms with van der Waals surface area (Å²) in [4.78, 5) is 19.1. The van der Waals surface area contributed by atoms with Crippen LogP contribution in [-0.4, -0.2) is 9.97 Å². The highest BCUT2D eigenvalue weighted by Gasteiger charge is 2.01. The van der Waals surface area contributed by atoms with Crippen molar-refractivity contribution in [3.63, 3.8) is 0 Å². The zero-order valence-corrected chi connectivity index (χ0v) is 12.3. The third-order valence-electron chi connectivity index (χ3n) is 3.01. The van der Waals surface area contributed by atoms with Crippen LogP contribution in [0.1, 0.15) is 11.4 Å². The Morgan fingerprint density at radius 3 is 2.62 bits per heavy atom. The average molecular weight is 317 g/mol. The predicted molar refractivity (Wildman–Crippen MR) is 87.8 cm³/mol. The smallest absolute Gasteiger partial charge is 0.259 e. The van der Waals surface area contributed by atoms with Crippen molar-refractivity contribution >= 4 is 46.3 Å². The summed E-state index contributed by atoms with van der Waals surface area (Å²) < 4.78 is 0. The number of halogens is 2. The molecule has 0 aliphatic heterocycles. The lowest BCUT2D eigenvalue weighted by molar-refractivity contribution is 1.14. The molecule has 0 unspecified atom stereocenters. The van der Waals surface area contributed by atoms with E-state index in [9.17, 15) is 4.79 Å². The minimum atomic E-state index is -0.158. The third-order valence-corrected chi connectivity index (χ3v) is 3.75. The van der Waals surface area contributed by atoms with E-state index in [1.165, 1.54) is 0 Å². The number of rotatable bonds is 2. The minimum absolute atomic E-state index is 0.158. The maximum atomic E-state index is 11.9. The Labute approximate surface area is 130 Å². The van der Waals surface area contributed by atoms with Gasteiger partial charge in [0.15, 0.2) is 0 Å². The summed E-state index contributed by atoms with van der Waals surface area (Å²) in [5.41, 5.74) is 1.38. The van der Waals surface area contributed by atoms with E-state index in [0.29, 0.717) is 26.8 Å². The number of nitrogens with zero attached hydrogens (tertiary/aromatic N) is 1. The summed E-state index contributed by atoms with van der Waals surface area (Å²) in [5, 5.41) is 1.56. The molecule has 2 aromatic carbocycles. The molecule has 0 atom stereocenters. The van der Waals surface area contributed by atoms with E-state index >= 15 is 0 Å². The second-order valence-electron chi connectivity index (χ2n) is 4.48. The fraction of sp³-hybridized carbons (Fsp3) is 0. The first-order valence-electron chi connectivity index (χ1n) is 6.26. The average Bonchev–Trinajstić information content (AvgIpc) is 2.49. The lowest BCUT2D eigenvalue weighted by Gasteiger charge is -1.99. The van der Waals surface area contributed by atoms with E-state index in [1.54, 1.807) is 30.3 Å². The first-order chi connectivity index (χ1) is 10.1. The highest BCUT2D eigenvalue weighted by atomic mass is 35.5. The van der Waals surface area contributed by atoms with Gasteiger partial charge in [-0.2, -0.15) is 0 Å². The molecule has 0 saturated heterocycles. The van der Waals surface area contributed by atoms with Crippen molar-refractivity contribution in [3.8, 4) is 0 Å². The van der Waals surface area contributed by atoms with Crippen LogP contribution in [0.25, 0.3) is 23.1 Å². The Morgan fingerprint density at radius 1 is 1.00 bits per heavy atom. The topological polar surface area (TPSA) is 45.8 Å². The molecular formula is C16H10Cl2N2O. The molecule has 3 nitrogen and oxygen atoms in total. The molecule has 0 spiro atoms. The van der Waals surface area contributed by atoms with E-state index in [1.807, 2.05) is 24.3 Å². The molecule has 0 radical (unpaired) electrons. The van der Waals surface area contributed by atoms with Crippen LogP contribution >= 0.6 is 23.2 Å². The van der Waals surface area contributed by atoms with E-state index in [-0.39, 0.29) is 5.56 Å². The van der Waals surface area contributed by atoms with Crippen LogP contribution in [0.5, 0.6) is 0 Å². The molecule has 21 heavy (non-hydrogen) atoms. The van der Waals surface area contributed by atoms with Gasteiger partial charge < -0.3 is 4.98 Å². The van der Waals surface area contributed by atoms with Crippen molar-refractivity contribution in [1.29, 1.82) is 0 Å². The Balaban J connectivity index is 1.99. The fourth-order valence-electron chi connectivity index (χ4n) is 1.97. The lowest BCUT2D eigenvalue weighted by Crippen LogP contribution is -2.09. The van der Waals surface area contributed by atoms with Crippen LogP contribution in [0.2, 0.25) is 10.0 Å². The Morgan fingerprint density at radius 2 is 1.81 bits per heavy atom. The first kappa shape index (κ1) is 13.9. The molecule has 0 fully saturated rings. The quantitative estimate of drug-likeness (QED) is 0.761.